The highest BCUT2D eigenvalue weighted by Gasteiger charge is 2.20. The quantitative estimate of drug-likeness (QED) is 0.614. The maximum atomic E-state index is 13.6. The Bertz CT molecular complexity index is 1020. The molecule has 1 saturated heterocycles. The van der Waals surface area contributed by atoms with Crippen LogP contribution in [0, 0.1) is 5.82 Å². The van der Waals surface area contributed by atoms with E-state index in [1.54, 1.807) is 19.4 Å². The summed E-state index contributed by atoms with van der Waals surface area (Å²) in [6.07, 6.45) is 1.72. The first-order valence-corrected chi connectivity index (χ1v) is 12.2. The highest BCUT2D eigenvalue weighted by atomic mass is 32.2. The van der Waals surface area contributed by atoms with E-state index in [4.69, 9.17) is 4.74 Å². The molecule has 0 aliphatic carbocycles. The third kappa shape index (κ3) is 5.08. The first-order chi connectivity index (χ1) is 14.5. The number of methoxy groups -OCH3 is 1. The average Bonchev–Trinajstić information content (AvgIpc) is 3.17. The molecule has 30 heavy (non-hydrogen) atoms. The summed E-state index contributed by atoms with van der Waals surface area (Å²) in [6.45, 7) is 7.23. The molecule has 1 fully saturated rings. The predicted molar refractivity (Wildman–Crippen MR) is 125 cm³/mol. The number of hydrogen-bond donors (Lipinski definition) is 1. The molecule has 1 N–H and O–H groups in total. The number of piperazine rings is 1. The van der Waals surface area contributed by atoms with E-state index < -0.39 is 11.0 Å². The van der Waals surface area contributed by atoms with Gasteiger partial charge in [-0.05, 0) is 30.3 Å². The van der Waals surface area contributed by atoms with Crippen LogP contribution in [-0.4, -0.2) is 53.0 Å². The number of aromatic nitrogens is 1. The smallest absolute Gasteiger partial charge is 0.188 e. The average molecular weight is 451 g/mol. The largest absolute Gasteiger partial charge is 0.495 e. The Balaban J connectivity index is 0.00000124. The normalized spacial score (nSPS) is 15.4. The molecule has 0 saturated carbocycles. The number of hydrogen-bond acceptors (Lipinski definition) is 6. The van der Waals surface area contributed by atoms with Gasteiger partial charge < -0.3 is 15.0 Å². The van der Waals surface area contributed by atoms with E-state index in [0.29, 0.717) is 16.6 Å². The third-order valence-electron chi connectivity index (χ3n) is 4.74. The summed E-state index contributed by atoms with van der Waals surface area (Å²) in [4.78, 5) is 6.94. The molecule has 0 bridgehead atoms. The molecule has 1 unspecified atom stereocenters. The summed E-state index contributed by atoms with van der Waals surface area (Å²) in [7, 11) is 0.637. The van der Waals surface area contributed by atoms with Gasteiger partial charge >= 0.3 is 0 Å². The van der Waals surface area contributed by atoms with Crippen molar-refractivity contribution in [3.8, 4) is 5.75 Å². The Hall–Kier alpha value is -2.23. The van der Waals surface area contributed by atoms with Crippen molar-refractivity contribution >= 4 is 49.0 Å². The van der Waals surface area contributed by atoms with E-state index in [9.17, 15) is 8.60 Å². The second kappa shape index (κ2) is 10.2. The van der Waals surface area contributed by atoms with Crippen LogP contribution < -0.4 is 15.0 Å². The Morgan fingerprint density at radius 3 is 2.53 bits per heavy atom. The van der Waals surface area contributed by atoms with Crippen molar-refractivity contribution in [2.75, 3.05) is 49.8 Å². The summed E-state index contributed by atoms with van der Waals surface area (Å²) in [6, 6.07) is 10.6. The third-order valence-corrected chi connectivity index (χ3v) is 6.79. The molecule has 1 aromatic heterocycles. The van der Waals surface area contributed by atoms with E-state index in [1.165, 1.54) is 23.5 Å². The molecule has 162 valence electrons. The van der Waals surface area contributed by atoms with Gasteiger partial charge in [-0.15, -0.1) is 0 Å². The molecule has 0 radical (unpaired) electrons. The van der Waals surface area contributed by atoms with Gasteiger partial charge in [0.15, 0.2) is 5.13 Å². The molecule has 9 heteroatoms. The highest BCUT2D eigenvalue weighted by molar-refractivity contribution is 7.81. The van der Waals surface area contributed by atoms with Crippen LogP contribution in [0.2, 0.25) is 0 Å². The first kappa shape index (κ1) is 22.5. The summed E-state index contributed by atoms with van der Waals surface area (Å²) in [5.41, 5.74) is 2.54. The molecule has 1 aliphatic rings. The van der Waals surface area contributed by atoms with Gasteiger partial charge in [-0.1, -0.05) is 25.2 Å². The van der Waals surface area contributed by atoms with Crippen molar-refractivity contribution in [3.63, 3.8) is 0 Å². The predicted octanol–water partition coefficient (Wildman–Crippen LogP) is 4.63. The number of halogens is 1. The van der Waals surface area contributed by atoms with Crippen LogP contribution in [0.3, 0.4) is 0 Å². The number of rotatable bonds is 5. The van der Waals surface area contributed by atoms with E-state index in [1.807, 2.05) is 18.2 Å². The second-order valence-electron chi connectivity index (χ2n) is 6.48. The zero-order valence-electron chi connectivity index (χ0n) is 17.6. The molecule has 1 aliphatic heterocycles. The molecule has 1 atom stereocenters. The lowest BCUT2D eigenvalue weighted by Crippen LogP contribution is -2.46. The lowest BCUT2D eigenvalue weighted by Gasteiger charge is -2.34. The van der Waals surface area contributed by atoms with E-state index in [-0.39, 0.29) is 5.82 Å². The Kier molecular flexibility index (Phi) is 7.63. The maximum Gasteiger partial charge on any atom is 0.188 e. The van der Waals surface area contributed by atoms with Gasteiger partial charge in [-0.3, -0.25) is 0 Å². The van der Waals surface area contributed by atoms with Gasteiger partial charge in [-0.25, -0.2) is 17.9 Å². The van der Waals surface area contributed by atoms with Crippen LogP contribution in [0.15, 0.2) is 36.4 Å². The van der Waals surface area contributed by atoms with Gasteiger partial charge in [0, 0.05) is 44.2 Å². The summed E-state index contributed by atoms with van der Waals surface area (Å²) in [5, 5.41) is 3.84. The Morgan fingerprint density at radius 2 is 1.87 bits per heavy atom. The highest BCUT2D eigenvalue weighted by Crippen LogP contribution is 2.34. The molecule has 2 heterocycles. The van der Waals surface area contributed by atoms with Crippen LogP contribution in [0.5, 0.6) is 5.75 Å². The first-order valence-electron chi connectivity index (χ1n) is 9.88. The minimum Gasteiger partial charge on any atom is -0.495 e. The summed E-state index contributed by atoms with van der Waals surface area (Å²) < 4.78 is 33.5. The minimum absolute atomic E-state index is 0.334. The lowest BCUT2D eigenvalue weighted by atomic mass is 10.2. The van der Waals surface area contributed by atoms with Crippen LogP contribution in [0.1, 0.15) is 13.8 Å². The van der Waals surface area contributed by atoms with Gasteiger partial charge in [0.25, 0.3) is 0 Å². The van der Waals surface area contributed by atoms with Crippen molar-refractivity contribution in [2.24, 2.45) is 0 Å². The van der Waals surface area contributed by atoms with Crippen molar-refractivity contribution in [3.05, 3.63) is 42.2 Å². The second-order valence-corrected chi connectivity index (χ2v) is 8.88. The number of nitrogens with zero attached hydrogens (tertiary/aromatic N) is 3. The number of nitrogens with one attached hydrogen (secondary N) is 1. The van der Waals surface area contributed by atoms with Crippen molar-refractivity contribution in [2.45, 2.75) is 13.8 Å². The minimum atomic E-state index is -0.916. The van der Waals surface area contributed by atoms with E-state index in [0.717, 1.165) is 42.1 Å². The fourth-order valence-electron chi connectivity index (χ4n) is 3.26. The fourth-order valence-corrected chi connectivity index (χ4v) is 4.80. The maximum absolute atomic E-state index is 13.6. The van der Waals surface area contributed by atoms with Crippen molar-refractivity contribution < 1.29 is 13.3 Å². The number of benzene rings is 2. The topological polar surface area (TPSA) is 57.7 Å². The van der Waals surface area contributed by atoms with Gasteiger partial charge in [-0.2, -0.15) is 0 Å². The van der Waals surface area contributed by atoms with Crippen LogP contribution >= 0.6 is 11.3 Å². The van der Waals surface area contributed by atoms with Crippen molar-refractivity contribution in [1.29, 1.82) is 0 Å². The fraction of sp³-hybridized carbons (Fsp3) is 0.381. The van der Waals surface area contributed by atoms with Crippen LogP contribution in [-0.2, 0) is 11.0 Å². The van der Waals surface area contributed by atoms with Crippen LogP contribution in [0.25, 0.3) is 10.2 Å². The summed E-state index contributed by atoms with van der Waals surface area (Å²) >= 11 is 1.51. The van der Waals surface area contributed by atoms with E-state index in [2.05, 4.69) is 33.4 Å². The van der Waals surface area contributed by atoms with E-state index >= 15 is 0 Å². The zero-order valence-corrected chi connectivity index (χ0v) is 19.3. The molecule has 0 amide bonds. The molecular formula is C21H27FN4O2S2. The number of fused-ring (bicyclic) bond motifs is 1. The van der Waals surface area contributed by atoms with Gasteiger partial charge in [0.1, 0.15) is 11.6 Å². The Morgan fingerprint density at radius 1 is 1.13 bits per heavy atom. The molecule has 4 rings (SSSR count). The molecule has 2 aromatic carbocycles. The SMILES string of the molecule is CC.COc1ccc(F)cc1Nc1nc2cc(N3CCN(S(C)=O)CC3)ccc2s1. The standard InChI is InChI=1S/C19H21FN4O2S2.C2H6/c1-26-17-5-3-13(20)11-15(17)21-19-22-16-12-14(4-6-18(16)27-19)23-7-9-24(10-8-23)28(2)25;1-2/h3-6,11-12H,7-10H2,1-2H3,(H,21,22);1-2H3. The van der Waals surface area contributed by atoms with Gasteiger partial charge in [0.2, 0.25) is 0 Å². The van der Waals surface area contributed by atoms with Crippen molar-refractivity contribution in [1.82, 2.24) is 9.29 Å². The zero-order chi connectivity index (χ0) is 21.7. The Labute approximate surface area is 183 Å². The molecule has 6 nitrogen and oxygen atoms in total. The monoisotopic (exact) mass is 450 g/mol. The van der Waals surface area contributed by atoms with Gasteiger partial charge in [0.05, 0.1) is 34.0 Å². The molecule has 0 spiro atoms. The lowest BCUT2D eigenvalue weighted by molar-refractivity contribution is 0.412. The number of thiazole rings is 1. The molecule has 3 aromatic rings. The van der Waals surface area contributed by atoms with Crippen LogP contribution in [0.4, 0.5) is 20.9 Å². The number of anilines is 3. The number of ether oxygens (including phenoxy) is 1. The summed E-state index contributed by atoms with van der Waals surface area (Å²) in [5.74, 6) is 0.228. The molecular weight excluding hydrogens is 423 g/mol.